The quantitative estimate of drug-likeness (QED) is 0.651. The molecule has 65 valence electrons. The summed E-state index contributed by atoms with van der Waals surface area (Å²) in [5.41, 5.74) is -0.936. The number of hydrogen-bond acceptors (Lipinski definition) is 2. The van der Waals surface area contributed by atoms with Gasteiger partial charge in [0.25, 0.3) is 0 Å². The van der Waals surface area contributed by atoms with Gasteiger partial charge in [0.05, 0.1) is 6.20 Å². The highest BCUT2D eigenvalue weighted by atomic mass is 19.4. The zero-order valence-corrected chi connectivity index (χ0v) is 6.31. The van der Waals surface area contributed by atoms with Crippen LogP contribution in [-0.4, -0.2) is 9.97 Å². The predicted octanol–water partition coefficient (Wildman–Crippen LogP) is 1.86. The molecular weight excluding hydrogens is 169 g/mol. The summed E-state index contributed by atoms with van der Waals surface area (Å²) in [6.07, 6.45) is -1.87. The van der Waals surface area contributed by atoms with E-state index in [1.54, 1.807) is 6.92 Å². The van der Waals surface area contributed by atoms with Crippen molar-refractivity contribution in [2.45, 2.75) is 19.5 Å². The lowest BCUT2D eigenvalue weighted by Crippen LogP contribution is -2.10. The van der Waals surface area contributed by atoms with E-state index in [1.807, 2.05) is 0 Å². The third-order valence-electron chi connectivity index (χ3n) is 1.25. The third kappa shape index (κ3) is 1.93. The molecule has 0 unspecified atom stereocenters. The largest absolute Gasteiger partial charge is 0.433 e. The van der Waals surface area contributed by atoms with E-state index < -0.39 is 11.9 Å². The van der Waals surface area contributed by atoms with Crippen LogP contribution in [0.25, 0.3) is 0 Å². The maximum atomic E-state index is 12.0. The summed E-state index contributed by atoms with van der Waals surface area (Å²) in [5, 5.41) is 0. The SMILES string of the molecule is CCc1n[c]cc(C(F)(F)F)n1. The van der Waals surface area contributed by atoms with Gasteiger partial charge in [0, 0.05) is 6.42 Å². The Hall–Kier alpha value is -1.13. The summed E-state index contributed by atoms with van der Waals surface area (Å²) in [6, 6.07) is 0.735. The average Bonchev–Trinajstić information content (AvgIpc) is 2.03. The van der Waals surface area contributed by atoms with Gasteiger partial charge < -0.3 is 0 Å². The Morgan fingerprint density at radius 1 is 1.50 bits per heavy atom. The Morgan fingerprint density at radius 3 is 2.67 bits per heavy atom. The van der Waals surface area contributed by atoms with E-state index >= 15 is 0 Å². The van der Waals surface area contributed by atoms with E-state index in [0.717, 1.165) is 6.07 Å². The van der Waals surface area contributed by atoms with Crippen LogP contribution in [-0.2, 0) is 12.6 Å². The van der Waals surface area contributed by atoms with Crippen LogP contribution in [0.3, 0.4) is 0 Å². The number of aromatic nitrogens is 2. The van der Waals surface area contributed by atoms with E-state index in [1.165, 1.54) is 0 Å². The molecule has 5 heteroatoms. The molecule has 0 saturated carbocycles. The molecule has 0 aliphatic rings. The smallest absolute Gasteiger partial charge is 0.231 e. The Kier molecular flexibility index (Phi) is 2.30. The number of rotatable bonds is 1. The molecule has 0 bridgehead atoms. The Labute approximate surface area is 67.5 Å². The van der Waals surface area contributed by atoms with Crippen molar-refractivity contribution in [2.75, 3.05) is 0 Å². The minimum absolute atomic E-state index is 0.157. The normalized spacial score (nSPS) is 11.7. The van der Waals surface area contributed by atoms with Crippen molar-refractivity contribution in [3.8, 4) is 0 Å². The number of nitrogens with zero attached hydrogens (tertiary/aromatic N) is 2. The molecule has 0 atom stereocenters. The zero-order valence-electron chi connectivity index (χ0n) is 6.31. The molecule has 0 spiro atoms. The average molecular weight is 175 g/mol. The van der Waals surface area contributed by atoms with Gasteiger partial charge in [0.15, 0.2) is 0 Å². The first kappa shape index (κ1) is 8.96. The first-order chi connectivity index (χ1) is 5.54. The van der Waals surface area contributed by atoms with Gasteiger partial charge >= 0.3 is 6.18 Å². The first-order valence-electron chi connectivity index (χ1n) is 3.35. The molecular formula is C7H6F3N2. The lowest BCUT2D eigenvalue weighted by Gasteiger charge is -2.04. The maximum absolute atomic E-state index is 12.0. The molecule has 0 N–H and O–H groups in total. The fourth-order valence-electron chi connectivity index (χ4n) is 0.668. The minimum atomic E-state index is -4.40. The van der Waals surface area contributed by atoms with Crippen LogP contribution in [0.1, 0.15) is 18.4 Å². The molecule has 2 nitrogen and oxygen atoms in total. The summed E-state index contributed by atoms with van der Waals surface area (Å²) in [6.45, 7) is 1.68. The second-order valence-corrected chi connectivity index (χ2v) is 2.15. The maximum Gasteiger partial charge on any atom is 0.433 e. The van der Waals surface area contributed by atoms with Crippen molar-refractivity contribution in [1.82, 2.24) is 9.97 Å². The molecule has 0 aliphatic carbocycles. The molecule has 1 rings (SSSR count). The standard InChI is InChI=1S/C7H6F3N2/c1-2-6-11-4-3-5(12-6)7(8,9)10/h3H,2H2,1H3. The predicted molar refractivity (Wildman–Crippen MR) is 35.2 cm³/mol. The van der Waals surface area contributed by atoms with Crippen LogP contribution < -0.4 is 0 Å². The fourth-order valence-corrected chi connectivity index (χ4v) is 0.668. The van der Waals surface area contributed by atoms with Gasteiger partial charge in [-0.1, -0.05) is 6.92 Å². The van der Waals surface area contributed by atoms with Crippen molar-refractivity contribution < 1.29 is 13.2 Å². The van der Waals surface area contributed by atoms with Gasteiger partial charge in [0.2, 0.25) is 0 Å². The molecule has 1 aromatic heterocycles. The van der Waals surface area contributed by atoms with Crippen molar-refractivity contribution in [1.29, 1.82) is 0 Å². The highest BCUT2D eigenvalue weighted by molar-refractivity contribution is 5.04. The molecule has 1 aromatic rings. The highest BCUT2D eigenvalue weighted by Gasteiger charge is 2.32. The van der Waals surface area contributed by atoms with Crippen LogP contribution in [0, 0.1) is 6.20 Å². The summed E-state index contributed by atoms with van der Waals surface area (Å²) in [5.74, 6) is 0.157. The highest BCUT2D eigenvalue weighted by Crippen LogP contribution is 2.26. The fraction of sp³-hybridized carbons (Fsp3) is 0.429. The third-order valence-corrected chi connectivity index (χ3v) is 1.25. The van der Waals surface area contributed by atoms with Gasteiger partial charge in [-0.05, 0) is 6.07 Å². The molecule has 0 aromatic carbocycles. The van der Waals surface area contributed by atoms with Gasteiger partial charge in [0.1, 0.15) is 11.5 Å². The van der Waals surface area contributed by atoms with Gasteiger partial charge in [-0.15, -0.1) is 0 Å². The van der Waals surface area contributed by atoms with Crippen molar-refractivity contribution in [2.24, 2.45) is 0 Å². The second-order valence-electron chi connectivity index (χ2n) is 2.15. The summed E-state index contributed by atoms with van der Waals surface area (Å²) in [7, 11) is 0. The molecule has 12 heavy (non-hydrogen) atoms. The Bertz CT molecular complexity index is 270. The van der Waals surface area contributed by atoms with E-state index in [-0.39, 0.29) is 5.82 Å². The summed E-state index contributed by atoms with van der Waals surface area (Å²) >= 11 is 0. The number of alkyl halides is 3. The number of halogens is 3. The molecule has 0 amide bonds. The van der Waals surface area contributed by atoms with Crippen LogP contribution in [0.4, 0.5) is 13.2 Å². The molecule has 1 radical (unpaired) electrons. The Morgan fingerprint density at radius 2 is 2.17 bits per heavy atom. The first-order valence-corrected chi connectivity index (χ1v) is 3.35. The van der Waals surface area contributed by atoms with Gasteiger partial charge in [-0.3, -0.25) is 0 Å². The molecule has 0 fully saturated rings. The summed E-state index contributed by atoms with van der Waals surface area (Å²) < 4.78 is 36.0. The summed E-state index contributed by atoms with van der Waals surface area (Å²) in [4.78, 5) is 6.83. The van der Waals surface area contributed by atoms with Crippen molar-refractivity contribution in [3.05, 3.63) is 23.8 Å². The number of hydrogen-bond donors (Lipinski definition) is 0. The van der Waals surface area contributed by atoms with Crippen molar-refractivity contribution in [3.63, 3.8) is 0 Å². The van der Waals surface area contributed by atoms with Crippen LogP contribution in [0.2, 0.25) is 0 Å². The van der Waals surface area contributed by atoms with E-state index in [9.17, 15) is 13.2 Å². The van der Waals surface area contributed by atoms with Crippen LogP contribution >= 0.6 is 0 Å². The Balaban J connectivity index is 3.02. The number of aryl methyl sites for hydroxylation is 1. The monoisotopic (exact) mass is 175 g/mol. The zero-order chi connectivity index (χ0) is 9.19. The van der Waals surface area contributed by atoms with E-state index in [0.29, 0.717) is 6.42 Å². The van der Waals surface area contributed by atoms with Gasteiger partial charge in [-0.25, -0.2) is 9.97 Å². The van der Waals surface area contributed by atoms with E-state index in [4.69, 9.17) is 0 Å². The van der Waals surface area contributed by atoms with Crippen LogP contribution in [0.15, 0.2) is 6.07 Å². The molecule has 1 heterocycles. The topological polar surface area (TPSA) is 25.8 Å². The lowest BCUT2D eigenvalue weighted by atomic mass is 10.3. The van der Waals surface area contributed by atoms with E-state index in [2.05, 4.69) is 16.2 Å². The molecule has 0 saturated heterocycles. The molecule has 0 aliphatic heterocycles. The minimum Gasteiger partial charge on any atom is -0.231 e. The lowest BCUT2D eigenvalue weighted by molar-refractivity contribution is -0.141. The van der Waals surface area contributed by atoms with Gasteiger partial charge in [-0.2, -0.15) is 13.2 Å². The van der Waals surface area contributed by atoms with Crippen molar-refractivity contribution >= 4 is 0 Å². The van der Waals surface area contributed by atoms with Crippen LogP contribution in [0.5, 0.6) is 0 Å². The second kappa shape index (κ2) is 3.08.